The quantitative estimate of drug-likeness (QED) is 0.584. The standard InChI is InChI=1S/C27H37N3O2S/c1-17-8-11-21(18(2)14-17)28-25(32)24-20-10-9-19(27(3,4)5)15-22(20)33-26(24)29-23(31)16-30-12-6-7-13-30/h8,11,14,19H,6-7,9-10,12-13,15-16H2,1-5H3,(H,28,32)(H,29,31). The van der Waals surface area contributed by atoms with Gasteiger partial charge in [-0.3, -0.25) is 14.5 Å². The second-order valence-electron chi connectivity index (χ2n) is 10.8. The molecule has 2 aliphatic rings. The zero-order chi connectivity index (χ0) is 23.8. The van der Waals surface area contributed by atoms with Crippen molar-refractivity contribution in [3.63, 3.8) is 0 Å². The Hall–Kier alpha value is -2.18. The number of thiophene rings is 1. The van der Waals surface area contributed by atoms with Gasteiger partial charge < -0.3 is 10.6 Å². The number of rotatable bonds is 5. The molecule has 178 valence electrons. The molecule has 1 aromatic carbocycles. The van der Waals surface area contributed by atoms with E-state index >= 15 is 0 Å². The van der Waals surface area contributed by atoms with Gasteiger partial charge in [-0.2, -0.15) is 0 Å². The van der Waals surface area contributed by atoms with Crippen molar-refractivity contribution in [1.29, 1.82) is 0 Å². The molecule has 0 saturated carbocycles. The SMILES string of the molecule is Cc1ccc(NC(=O)c2c(NC(=O)CN3CCCC3)sc3c2CCC(C(C)(C)C)C3)c(C)c1. The Morgan fingerprint density at radius 1 is 1.12 bits per heavy atom. The number of aryl methyl sites for hydroxylation is 2. The topological polar surface area (TPSA) is 61.4 Å². The molecule has 1 aliphatic carbocycles. The number of benzene rings is 1. The van der Waals surface area contributed by atoms with Gasteiger partial charge in [-0.1, -0.05) is 38.5 Å². The zero-order valence-corrected chi connectivity index (χ0v) is 21.5. The Labute approximate surface area is 202 Å². The Morgan fingerprint density at radius 3 is 2.52 bits per heavy atom. The van der Waals surface area contributed by atoms with Crippen LogP contribution < -0.4 is 10.6 Å². The molecule has 1 atom stereocenters. The summed E-state index contributed by atoms with van der Waals surface area (Å²) in [4.78, 5) is 29.8. The summed E-state index contributed by atoms with van der Waals surface area (Å²) in [6.45, 7) is 13.3. The molecule has 1 unspecified atom stereocenters. The first kappa shape index (κ1) is 24.0. The lowest BCUT2D eigenvalue weighted by atomic mass is 9.72. The first-order chi connectivity index (χ1) is 15.6. The molecule has 4 rings (SSSR count). The van der Waals surface area contributed by atoms with Crippen molar-refractivity contribution in [2.45, 2.75) is 66.7 Å². The smallest absolute Gasteiger partial charge is 0.258 e. The van der Waals surface area contributed by atoms with Gasteiger partial charge in [0.2, 0.25) is 5.91 Å². The molecule has 2 amide bonds. The van der Waals surface area contributed by atoms with Crippen LogP contribution in [0.15, 0.2) is 18.2 Å². The molecule has 0 spiro atoms. The summed E-state index contributed by atoms with van der Waals surface area (Å²) < 4.78 is 0. The third-order valence-electron chi connectivity index (χ3n) is 7.17. The Kier molecular flexibility index (Phi) is 6.96. The number of hydrogen-bond donors (Lipinski definition) is 2. The average Bonchev–Trinajstić information content (AvgIpc) is 3.35. The number of nitrogens with zero attached hydrogens (tertiary/aromatic N) is 1. The third-order valence-corrected chi connectivity index (χ3v) is 8.34. The molecule has 2 N–H and O–H groups in total. The molecule has 5 nitrogen and oxygen atoms in total. The average molecular weight is 468 g/mol. The first-order valence-corrected chi connectivity index (χ1v) is 13.0. The molecule has 1 fully saturated rings. The van der Waals surface area contributed by atoms with Crippen LogP contribution in [-0.4, -0.2) is 36.3 Å². The molecule has 0 bridgehead atoms. The van der Waals surface area contributed by atoms with Crippen molar-refractivity contribution in [1.82, 2.24) is 4.90 Å². The fraction of sp³-hybridized carbons (Fsp3) is 0.556. The van der Waals surface area contributed by atoms with E-state index in [1.54, 1.807) is 11.3 Å². The van der Waals surface area contributed by atoms with E-state index in [0.29, 0.717) is 23.0 Å². The van der Waals surface area contributed by atoms with Crippen molar-refractivity contribution in [3.05, 3.63) is 45.3 Å². The molecule has 1 aliphatic heterocycles. The first-order valence-electron chi connectivity index (χ1n) is 12.2. The van der Waals surface area contributed by atoms with Crippen LogP contribution in [0.5, 0.6) is 0 Å². The summed E-state index contributed by atoms with van der Waals surface area (Å²) in [5, 5.41) is 6.95. The highest BCUT2D eigenvalue weighted by atomic mass is 32.1. The van der Waals surface area contributed by atoms with Gasteiger partial charge in [-0.15, -0.1) is 11.3 Å². The van der Waals surface area contributed by atoms with E-state index in [2.05, 4.69) is 42.4 Å². The Balaban J connectivity index is 1.62. The predicted octanol–water partition coefficient (Wildman–Crippen LogP) is 5.80. The van der Waals surface area contributed by atoms with Gasteiger partial charge in [0.25, 0.3) is 5.91 Å². The van der Waals surface area contributed by atoms with Gasteiger partial charge in [0.15, 0.2) is 0 Å². The van der Waals surface area contributed by atoms with Crippen LogP contribution >= 0.6 is 11.3 Å². The van der Waals surface area contributed by atoms with Gasteiger partial charge >= 0.3 is 0 Å². The molecule has 6 heteroatoms. The maximum Gasteiger partial charge on any atom is 0.258 e. The minimum atomic E-state index is -0.120. The number of carbonyl (C=O) groups is 2. The molecule has 33 heavy (non-hydrogen) atoms. The number of likely N-dealkylation sites (tertiary alicyclic amines) is 1. The third kappa shape index (κ3) is 5.49. The van der Waals surface area contributed by atoms with Gasteiger partial charge in [0.05, 0.1) is 12.1 Å². The zero-order valence-electron chi connectivity index (χ0n) is 20.6. The maximum absolute atomic E-state index is 13.5. The normalized spacial score (nSPS) is 18.8. The highest BCUT2D eigenvalue weighted by Gasteiger charge is 2.34. The molecule has 0 radical (unpaired) electrons. The lowest BCUT2D eigenvalue weighted by molar-refractivity contribution is -0.117. The summed E-state index contributed by atoms with van der Waals surface area (Å²) >= 11 is 1.60. The summed E-state index contributed by atoms with van der Waals surface area (Å²) in [6, 6.07) is 6.05. The van der Waals surface area contributed by atoms with E-state index in [0.717, 1.165) is 62.0 Å². The van der Waals surface area contributed by atoms with Crippen LogP contribution in [0.4, 0.5) is 10.7 Å². The van der Waals surface area contributed by atoms with Crippen LogP contribution in [0.2, 0.25) is 0 Å². The van der Waals surface area contributed by atoms with Crippen molar-refractivity contribution in [2.24, 2.45) is 11.3 Å². The summed E-state index contributed by atoms with van der Waals surface area (Å²) in [5.74, 6) is 0.431. The minimum absolute atomic E-state index is 0.0246. The molecule has 1 aromatic heterocycles. The van der Waals surface area contributed by atoms with Gasteiger partial charge in [-0.05, 0) is 87.6 Å². The van der Waals surface area contributed by atoms with Crippen molar-refractivity contribution in [2.75, 3.05) is 30.3 Å². The van der Waals surface area contributed by atoms with Crippen LogP contribution in [-0.2, 0) is 17.6 Å². The van der Waals surface area contributed by atoms with Crippen molar-refractivity contribution >= 4 is 33.8 Å². The molecule has 1 saturated heterocycles. The highest BCUT2D eigenvalue weighted by molar-refractivity contribution is 7.17. The van der Waals surface area contributed by atoms with Gasteiger partial charge in [0, 0.05) is 10.6 Å². The number of carbonyl (C=O) groups excluding carboxylic acids is 2. The van der Waals surface area contributed by atoms with E-state index in [9.17, 15) is 9.59 Å². The maximum atomic E-state index is 13.5. The molecular weight excluding hydrogens is 430 g/mol. The summed E-state index contributed by atoms with van der Waals surface area (Å²) in [5.41, 5.74) is 5.04. The number of fused-ring (bicyclic) bond motifs is 1. The lowest BCUT2D eigenvalue weighted by Gasteiger charge is -2.33. The Bertz CT molecular complexity index is 1040. The highest BCUT2D eigenvalue weighted by Crippen LogP contribution is 2.44. The van der Waals surface area contributed by atoms with E-state index in [-0.39, 0.29) is 17.2 Å². The lowest BCUT2D eigenvalue weighted by Crippen LogP contribution is -2.31. The van der Waals surface area contributed by atoms with Crippen molar-refractivity contribution < 1.29 is 9.59 Å². The summed E-state index contributed by atoms with van der Waals surface area (Å²) in [6.07, 6.45) is 5.22. The van der Waals surface area contributed by atoms with E-state index in [1.807, 2.05) is 26.0 Å². The number of hydrogen-bond acceptors (Lipinski definition) is 4. The number of anilines is 2. The second-order valence-corrected chi connectivity index (χ2v) is 11.9. The van der Waals surface area contributed by atoms with Crippen LogP contribution in [0.1, 0.15) is 72.0 Å². The van der Waals surface area contributed by atoms with Crippen molar-refractivity contribution in [3.8, 4) is 0 Å². The van der Waals surface area contributed by atoms with Crippen LogP contribution in [0.25, 0.3) is 0 Å². The second kappa shape index (κ2) is 9.59. The fourth-order valence-electron chi connectivity index (χ4n) is 5.10. The van der Waals surface area contributed by atoms with Crippen LogP contribution in [0.3, 0.4) is 0 Å². The molecule has 2 aromatic rings. The van der Waals surface area contributed by atoms with Gasteiger partial charge in [0.1, 0.15) is 5.00 Å². The molecular formula is C27H37N3O2S. The molecule has 2 heterocycles. The Morgan fingerprint density at radius 2 is 1.85 bits per heavy atom. The van der Waals surface area contributed by atoms with E-state index < -0.39 is 0 Å². The van der Waals surface area contributed by atoms with Crippen LogP contribution in [0, 0.1) is 25.2 Å². The van der Waals surface area contributed by atoms with E-state index in [4.69, 9.17) is 0 Å². The largest absolute Gasteiger partial charge is 0.322 e. The van der Waals surface area contributed by atoms with E-state index in [1.165, 1.54) is 10.4 Å². The number of nitrogens with one attached hydrogen (secondary N) is 2. The van der Waals surface area contributed by atoms with Gasteiger partial charge in [-0.25, -0.2) is 0 Å². The summed E-state index contributed by atoms with van der Waals surface area (Å²) in [7, 11) is 0. The monoisotopic (exact) mass is 467 g/mol. The number of amides is 2. The fourth-order valence-corrected chi connectivity index (χ4v) is 6.44. The minimum Gasteiger partial charge on any atom is -0.322 e. The predicted molar refractivity (Wildman–Crippen MR) is 137 cm³/mol.